The van der Waals surface area contributed by atoms with Gasteiger partial charge in [-0.1, -0.05) is 18.2 Å². The van der Waals surface area contributed by atoms with Gasteiger partial charge in [0.1, 0.15) is 0 Å². The first-order valence-corrected chi connectivity index (χ1v) is 6.47. The molecule has 1 saturated heterocycles. The number of para-hydroxylation sites is 1. The lowest BCUT2D eigenvalue weighted by molar-refractivity contribution is 0.0819. The molecule has 0 saturated carbocycles. The summed E-state index contributed by atoms with van der Waals surface area (Å²) in [6.45, 7) is 2.70. The number of benzene rings is 1. The van der Waals surface area contributed by atoms with Crippen LogP contribution >= 0.6 is 0 Å². The molecule has 1 unspecified atom stereocenters. The van der Waals surface area contributed by atoms with Crippen LogP contribution < -0.4 is 4.90 Å². The second-order valence-electron chi connectivity index (χ2n) is 4.90. The number of ether oxygens (including phenoxy) is 1. The van der Waals surface area contributed by atoms with E-state index in [1.807, 2.05) is 12.1 Å². The third-order valence-electron chi connectivity index (χ3n) is 3.88. The number of aliphatic hydroxyl groups excluding tert-OH is 1. The molecule has 0 spiro atoms. The SMILES string of the molecule is OC1CCN(C2CCOCC2)c2ccccc21. The molecule has 92 valence electrons. The van der Waals surface area contributed by atoms with Gasteiger partial charge in [-0.15, -0.1) is 0 Å². The molecule has 1 aromatic rings. The smallest absolute Gasteiger partial charge is 0.0826 e. The first-order chi connectivity index (χ1) is 8.36. The molecule has 1 aromatic carbocycles. The number of fused-ring (bicyclic) bond motifs is 1. The average Bonchev–Trinajstić information content (AvgIpc) is 2.41. The van der Waals surface area contributed by atoms with Crippen LogP contribution in [-0.4, -0.2) is 30.9 Å². The number of rotatable bonds is 1. The summed E-state index contributed by atoms with van der Waals surface area (Å²) < 4.78 is 5.42. The molecular formula is C14H19NO2. The van der Waals surface area contributed by atoms with Gasteiger partial charge in [-0.25, -0.2) is 0 Å². The molecule has 0 aromatic heterocycles. The molecule has 2 aliphatic rings. The maximum atomic E-state index is 10.0. The number of nitrogens with zero attached hydrogens (tertiary/aromatic N) is 1. The average molecular weight is 233 g/mol. The first kappa shape index (κ1) is 11.1. The topological polar surface area (TPSA) is 32.7 Å². The van der Waals surface area contributed by atoms with Gasteiger partial charge >= 0.3 is 0 Å². The molecule has 2 heterocycles. The second-order valence-corrected chi connectivity index (χ2v) is 4.90. The highest BCUT2D eigenvalue weighted by Gasteiger charge is 2.28. The van der Waals surface area contributed by atoms with Crippen LogP contribution in [0, 0.1) is 0 Å². The summed E-state index contributed by atoms with van der Waals surface area (Å²) in [5, 5.41) is 10.0. The largest absolute Gasteiger partial charge is 0.388 e. The molecule has 17 heavy (non-hydrogen) atoms. The summed E-state index contributed by atoms with van der Waals surface area (Å²) in [6.07, 6.45) is 2.76. The van der Waals surface area contributed by atoms with Crippen LogP contribution in [0.25, 0.3) is 0 Å². The Hall–Kier alpha value is -1.06. The fourth-order valence-corrected chi connectivity index (χ4v) is 2.94. The van der Waals surface area contributed by atoms with Gasteiger partial charge in [0.25, 0.3) is 0 Å². The predicted molar refractivity (Wildman–Crippen MR) is 67.2 cm³/mol. The second kappa shape index (κ2) is 4.67. The molecule has 0 aliphatic carbocycles. The summed E-state index contributed by atoms with van der Waals surface area (Å²) in [5.74, 6) is 0. The Morgan fingerprint density at radius 3 is 2.71 bits per heavy atom. The van der Waals surface area contributed by atoms with E-state index in [-0.39, 0.29) is 6.10 Å². The third kappa shape index (κ3) is 2.05. The molecular weight excluding hydrogens is 214 g/mol. The van der Waals surface area contributed by atoms with Crippen LogP contribution in [0.15, 0.2) is 24.3 Å². The van der Waals surface area contributed by atoms with Gasteiger partial charge in [0.15, 0.2) is 0 Å². The van der Waals surface area contributed by atoms with E-state index in [0.29, 0.717) is 6.04 Å². The maximum absolute atomic E-state index is 10.0. The quantitative estimate of drug-likeness (QED) is 0.806. The lowest BCUT2D eigenvalue weighted by Gasteiger charge is -2.41. The summed E-state index contributed by atoms with van der Waals surface area (Å²) in [7, 11) is 0. The fraction of sp³-hybridized carbons (Fsp3) is 0.571. The number of hydrogen-bond acceptors (Lipinski definition) is 3. The van der Waals surface area contributed by atoms with Gasteiger partial charge in [-0.3, -0.25) is 0 Å². The predicted octanol–water partition coefficient (Wildman–Crippen LogP) is 2.11. The molecule has 2 aliphatic heterocycles. The number of aliphatic hydroxyl groups is 1. The van der Waals surface area contributed by atoms with Gasteiger partial charge < -0.3 is 14.7 Å². The van der Waals surface area contributed by atoms with Crippen LogP contribution in [0.5, 0.6) is 0 Å². The van der Waals surface area contributed by atoms with E-state index in [1.54, 1.807) is 0 Å². The molecule has 1 atom stereocenters. The summed E-state index contributed by atoms with van der Waals surface area (Å²) in [6, 6.07) is 8.83. The van der Waals surface area contributed by atoms with E-state index in [2.05, 4.69) is 17.0 Å². The number of anilines is 1. The van der Waals surface area contributed by atoms with Crippen molar-refractivity contribution in [1.82, 2.24) is 0 Å². The lowest BCUT2D eigenvalue weighted by atomic mass is 9.95. The molecule has 0 amide bonds. The highest BCUT2D eigenvalue weighted by molar-refractivity contribution is 5.57. The summed E-state index contributed by atoms with van der Waals surface area (Å²) in [5.41, 5.74) is 2.31. The van der Waals surface area contributed by atoms with Crippen LogP contribution in [0.1, 0.15) is 30.9 Å². The zero-order chi connectivity index (χ0) is 11.7. The van der Waals surface area contributed by atoms with Crippen molar-refractivity contribution in [2.75, 3.05) is 24.7 Å². The van der Waals surface area contributed by atoms with Gasteiger partial charge in [-0.2, -0.15) is 0 Å². The zero-order valence-corrected chi connectivity index (χ0v) is 10.0. The van der Waals surface area contributed by atoms with E-state index in [0.717, 1.165) is 44.6 Å². The van der Waals surface area contributed by atoms with Gasteiger partial charge in [0, 0.05) is 37.1 Å². The molecule has 0 radical (unpaired) electrons. The molecule has 0 bridgehead atoms. The Balaban J connectivity index is 1.89. The van der Waals surface area contributed by atoms with E-state index in [1.165, 1.54) is 5.69 Å². The van der Waals surface area contributed by atoms with E-state index >= 15 is 0 Å². The Morgan fingerprint density at radius 1 is 1.12 bits per heavy atom. The summed E-state index contributed by atoms with van der Waals surface area (Å²) in [4.78, 5) is 2.46. The molecule has 1 N–H and O–H groups in total. The van der Waals surface area contributed by atoms with Crippen molar-refractivity contribution in [3.05, 3.63) is 29.8 Å². The zero-order valence-electron chi connectivity index (χ0n) is 10.0. The van der Waals surface area contributed by atoms with Gasteiger partial charge in [-0.05, 0) is 25.3 Å². The van der Waals surface area contributed by atoms with Crippen LogP contribution in [0.4, 0.5) is 5.69 Å². The van der Waals surface area contributed by atoms with E-state index in [9.17, 15) is 5.11 Å². The molecule has 1 fully saturated rings. The maximum Gasteiger partial charge on any atom is 0.0826 e. The first-order valence-electron chi connectivity index (χ1n) is 6.47. The molecule has 3 nitrogen and oxygen atoms in total. The van der Waals surface area contributed by atoms with Crippen LogP contribution in [-0.2, 0) is 4.74 Å². The summed E-state index contributed by atoms with van der Waals surface area (Å²) >= 11 is 0. The Morgan fingerprint density at radius 2 is 1.88 bits per heavy atom. The van der Waals surface area contributed by atoms with Gasteiger partial charge in [0.05, 0.1) is 6.10 Å². The minimum absolute atomic E-state index is 0.290. The van der Waals surface area contributed by atoms with Crippen molar-refractivity contribution in [2.45, 2.75) is 31.4 Å². The van der Waals surface area contributed by atoms with Crippen molar-refractivity contribution >= 4 is 5.69 Å². The van der Waals surface area contributed by atoms with E-state index < -0.39 is 0 Å². The standard InChI is InChI=1S/C14H19NO2/c16-14-5-8-15(11-6-9-17-10-7-11)13-4-2-1-3-12(13)14/h1-4,11,14,16H,5-10H2. The van der Waals surface area contributed by atoms with Crippen molar-refractivity contribution in [3.8, 4) is 0 Å². The fourth-order valence-electron chi connectivity index (χ4n) is 2.94. The molecule has 3 heteroatoms. The molecule has 3 rings (SSSR count). The minimum atomic E-state index is -0.290. The Kier molecular flexibility index (Phi) is 3.04. The normalized spacial score (nSPS) is 25.7. The van der Waals surface area contributed by atoms with Crippen molar-refractivity contribution in [3.63, 3.8) is 0 Å². The third-order valence-corrected chi connectivity index (χ3v) is 3.88. The van der Waals surface area contributed by atoms with Crippen molar-refractivity contribution in [1.29, 1.82) is 0 Å². The van der Waals surface area contributed by atoms with Crippen LogP contribution in [0.2, 0.25) is 0 Å². The monoisotopic (exact) mass is 233 g/mol. The van der Waals surface area contributed by atoms with E-state index in [4.69, 9.17) is 4.74 Å². The minimum Gasteiger partial charge on any atom is -0.388 e. The Labute approximate surface area is 102 Å². The Bertz CT molecular complexity index is 388. The van der Waals surface area contributed by atoms with Crippen molar-refractivity contribution in [2.24, 2.45) is 0 Å². The van der Waals surface area contributed by atoms with Crippen molar-refractivity contribution < 1.29 is 9.84 Å². The number of hydrogen-bond donors (Lipinski definition) is 1. The van der Waals surface area contributed by atoms with Gasteiger partial charge in [0.2, 0.25) is 0 Å². The highest BCUT2D eigenvalue weighted by atomic mass is 16.5. The highest BCUT2D eigenvalue weighted by Crippen LogP contribution is 2.36. The lowest BCUT2D eigenvalue weighted by Crippen LogP contribution is -2.43. The van der Waals surface area contributed by atoms with Crippen LogP contribution in [0.3, 0.4) is 0 Å².